The Bertz CT molecular complexity index is 1300. The molecule has 10 heteroatoms. The Morgan fingerprint density at radius 2 is 1.89 bits per heavy atom. The van der Waals surface area contributed by atoms with E-state index in [1.165, 1.54) is 31.4 Å². The molecule has 0 fully saturated rings. The number of nitrogens with zero attached hydrogens (tertiary/aromatic N) is 1. The maximum Gasteiger partial charge on any atom is 0.416 e. The lowest BCUT2D eigenvalue weighted by atomic mass is 10.1. The number of amides is 1. The number of methoxy groups -OCH3 is 1. The van der Waals surface area contributed by atoms with Gasteiger partial charge in [0.2, 0.25) is 0 Å². The second-order valence-electron chi connectivity index (χ2n) is 7.15. The van der Waals surface area contributed by atoms with E-state index in [1.54, 1.807) is 6.07 Å². The van der Waals surface area contributed by atoms with Gasteiger partial charge in [0.15, 0.2) is 11.5 Å². The number of halogens is 5. The predicted octanol–water partition coefficient (Wildman–Crippen LogP) is 7.25. The van der Waals surface area contributed by atoms with Crippen LogP contribution >= 0.6 is 27.5 Å². The van der Waals surface area contributed by atoms with Crippen LogP contribution in [0.4, 0.5) is 18.9 Å². The summed E-state index contributed by atoms with van der Waals surface area (Å²) in [6.45, 7) is 0.224. The second-order valence-corrected chi connectivity index (χ2v) is 8.47. The van der Waals surface area contributed by atoms with Crippen molar-refractivity contribution in [1.82, 2.24) is 0 Å². The number of hydrogen-bond donors (Lipinski definition) is 1. The third-order valence-corrected chi connectivity index (χ3v) is 5.48. The van der Waals surface area contributed by atoms with Crippen molar-refractivity contribution in [2.45, 2.75) is 12.8 Å². The van der Waals surface area contributed by atoms with Crippen molar-refractivity contribution in [2.75, 3.05) is 12.4 Å². The lowest BCUT2D eigenvalue weighted by molar-refractivity contribution is -0.137. The third kappa shape index (κ3) is 7.01. The fourth-order valence-electron chi connectivity index (χ4n) is 2.99. The summed E-state index contributed by atoms with van der Waals surface area (Å²) in [4.78, 5) is 12.5. The van der Waals surface area contributed by atoms with Crippen molar-refractivity contribution in [2.24, 2.45) is 0 Å². The monoisotopic (exact) mass is 564 g/mol. The van der Waals surface area contributed by atoms with Crippen LogP contribution in [0.3, 0.4) is 0 Å². The average molecular weight is 566 g/mol. The maximum atomic E-state index is 12.9. The van der Waals surface area contributed by atoms with Crippen LogP contribution < -0.4 is 14.8 Å². The molecule has 0 saturated heterocycles. The van der Waals surface area contributed by atoms with Gasteiger partial charge in [-0.1, -0.05) is 45.7 Å². The van der Waals surface area contributed by atoms with Gasteiger partial charge in [-0.2, -0.15) is 18.4 Å². The fourth-order valence-corrected chi connectivity index (χ4v) is 3.52. The molecular weight excluding hydrogens is 549 g/mol. The summed E-state index contributed by atoms with van der Waals surface area (Å²) in [5.41, 5.74) is -0.109. The van der Waals surface area contributed by atoms with Crippen LogP contribution in [0.1, 0.15) is 16.7 Å². The van der Waals surface area contributed by atoms with E-state index in [0.29, 0.717) is 5.56 Å². The molecule has 180 valence electrons. The van der Waals surface area contributed by atoms with Crippen LogP contribution in [0.25, 0.3) is 6.08 Å². The molecule has 1 N–H and O–H groups in total. The first-order valence-electron chi connectivity index (χ1n) is 9.96. The molecule has 0 atom stereocenters. The minimum Gasteiger partial charge on any atom is -0.493 e. The Balaban J connectivity index is 1.81. The molecule has 3 rings (SSSR count). The predicted molar refractivity (Wildman–Crippen MR) is 130 cm³/mol. The molecule has 0 bridgehead atoms. The van der Waals surface area contributed by atoms with Gasteiger partial charge in [-0.25, -0.2) is 0 Å². The Morgan fingerprint density at radius 3 is 2.51 bits per heavy atom. The Hall–Kier alpha value is -3.48. The molecule has 0 unspecified atom stereocenters. The highest BCUT2D eigenvalue weighted by Gasteiger charge is 2.30. The van der Waals surface area contributed by atoms with Gasteiger partial charge in [0.25, 0.3) is 5.91 Å². The highest BCUT2D eigenvalue weighted by molar-refractivity contribution is 9.10. The van der Waals surface area contributed by atoms with Crippen molar-refractivity contribution in [1.29, 1.82) is 5.26 Å². The van der Waals surface area contributed by atoms with Gasteiger partial charge < -0.3 is 14.8 Å². The summed E-state index contributed by atoms with van der Waals surface area (Å²) in [6.07, 6.45) is -3.32. The molecular formula is C25H17BrClF3N2O3. The molecule has 3 aromatic rings. The minimum atomic E-state index is -4.57. The minimum absolute atomic E-state index is 0.0988. The highest BCUT2D eigenvalue weighted by atomic mass is 79.9. The van der Waals surface area contributed by atoms with E-state index < -0.39 is 17.6 Å². The van der Waals surface area contributed by atoms with Crippen LogP contribution in [-0.2, 0) is 17.6 Å². The molecule has 0 aliphatic rings. The lowest BCUT2D eigenvalue weighted by Gasteiger charge is -2.14. The first kappa shape index (κ1) is 26.1. The molecule has 5 nitrogen and oxygen atoms in total. The zero-order valence-electron chi connectivity index (χ0n) is 18.1. The highest BCUT2D eigenvalue weighted by Crippen LogP contribution is 2.38. The standard InChI is InChI=1S/C25H17BrClF3N2O3/c1-34-22-11-16(10-21(27)23(22)35-14-15-5-7-19(26)8-6-15)9-17(13-31)24(33)32-20-4-2-3-18(12-20)25(28,29)30/h2-12H,14H2,1H3,(H,32,33)/b17-9+. The molecule has 0 aliphatic carbocycles. The fraction of sp³-hybridized carbons (Fsp3) is 0.120. The number of alkyl halides is 3. The Morgan fingerprint density at radius 1 is 1.17 bits per heavy atom. The zero-order chi connectivity index (χ0) is 25.6. The SMILES string of the molecule is COc1cc(/C=C(\C#N)C(=O)Nc2cccc(C(F)(F)F)c2)cc(Cl)c1OCc1ccc(Br)cc1. The smallest absolute Gasteiger partial charge is 0.416 e. The molecule has 3 aromatic carbocycles. The molecule has 0 saturated carbocycles. The molecule has 0 heterocycles. The molecule has 35 heavy (non-hydrogen) atoms. The quantitative estimate of drug-likeness (QED) is 0.242. The van der Waals surface area contributed by atoms with Crippen LogP contribution in [0.15, 0.2) is 70.7 Å². The lowest BCUT2D eigenvalue weighted by Crippen LogP contribution is -2.14. The first-order valence-corrected chi connectivity index (χ1v) is 11.1. The molecule has 0 radical (unpaired) electrons. The number of nitrogens with one attached hydrogen (secondary N) is 1. The number of ether oxygens (including phenoxy) is 2. The van der Waals surface area contributed by atoms with E-state index in [1.807, 2.05) is 24.3 Å². The van der Waals surface area contributed by atoms with E-state index in [-0.39, 0.29) is 34.4 Å². The van der Waals surface area contributed by atoms with E-state index in [2.05, 4.69) is 21.2 Å². The van der Waals surface area contributed by atoms with Crippen molar-refractivity contribution >= 4 is 45.2 Å². The van der Waals surface area contributed by atoms with Crippen molar-refractivity contribution in [3.63, 3.8) is 0 Å². The van der Waals surface area contributed by atoms with E-state index in [9.17, 15) is 23.2 Å². The van der Waals surface area contributed by atoms with Gasteiger partial charge in [0.05, 0.1) is 17.7 Å². The number of carbonyl (C=O) groups excluding carboxylic acids is 1. The van der Waals surface area contributed by atoms with E-state index in [4.69, 9.17) is 21.1 Å². The number of nitriles is 1. The second kappa shape index (κ2) is 11.3. The van der Waals surface area contributed by atoms with Gasteiger partial charge in [-0.3, -0.25) is 4.79 Å². The topological polar surface area (TPSA) is 71.3 Å². The maximum absolute atomic E-state index is 12.9. The molecule has 0 spiro atoms. The average Bonchev–Trinajstić information content (AvgIpc) is 2.82. The number of hydrogen-bond acceptors (Lipinski definition) is 4. The van der Waals surface area contributed by atoms with Crippen molar-refractivity contribution < 1.29 is 27.4 Å². The zero-order valence-corrected chi connectivity index (χ0v) is 20.5. The van der Waals surface area contributed by atoms with E-state index >= 15 is 0 Å². The van der Waals surface area contributed by atoms with Crippen molar-refractivity contribution in [3.05, 3.63) is 92.4 Å². The molecule has 1 amide bonds. The molecule has 0 aliphatic heterocycles. The summed E-state index contributed by atoms with van der Waals surface area (Å²) in [5, 5.41) is 11.9. The van der Waals surface area contributed by atoms with Crippen LogP contribution in [-0.4, -0.2) is 13.0 Å². The largest absolute Gasteiger partial charge is 0.493 e. The summed E-state index contributed by atoms with van der Waals surface area (Å²) < 4.78 is 50.8. The Kier molecular flexibility index (Phi) is 8.43. The van der Waals surface area contributed by atoms with Gasteiger partial charge in [-0.05, 0) is 59.7 Å². The van der Waals surface area contributed by atoms with Crippen molar-refractivity contribution in [3.8, 4) is 17.6 Å². The summed E-state index contributed by atoms with van der Waals surface area (Å²) in [5.74, 6) is -0.324. The summed E-state index contributed by atoms with van der Waals surface area (Å²) in [7, 11) is 1.41. The molecule has 0 aromatic heterocycles. The summed E-state index contributed by atoms with van der Waals surface area (Å²) in [6, 6.07) is 16.4. The number of benzene rings is 3. The van der Waals surface area contributed by atoms with Crippen LogP contribution in [0.2, 0.25) is 5.02 Å². The number of rotatable bonds is 7. The number of carbonyl (C=O) groups is 1. The van der Waals surface area contributed by atoms with Crippen LogP contribution in [0.5, 0.6) is 11.5 Å². The van der Waals surface area contributed by atoms with Crippen LogP contribution in [0, 0.1) is 11.3 Å². The van der Waals surface area contributed by atoms with Gasteiger partial charge in [0.1, 0.15) is 18.2 Å². The summed E-state index contributed by atoms with van der Waals surface area (Å²) >= 11 is 9.73. The van der Waals surface area contributed by atoms with Gasteiger partial charge in [0, 0.05) is 10.2 Å². The normalized spacial score (nSPS) is 11.5. The van der Waals surface area contributed by atoms with Gasteiger partial charge >= 0.3 is 6.18 Å². The Labute approximate surface area is 212 Å². The third-order valence-electron chi connectivity index (χ3n) is 4.67. The number of anilines is 1. The first-order chi connectivity index (χ1) is 16.6. The van der Waals surface area contributed by atoms with E-state index in [0.717, 1.165) is 28.2 Å². The van der Waals surface area contributed by atoms with Gasteiger partial charge in [-0.15, -0.1) is 0 Å².